The van der Waals surface area contributed by atoms with E-state index in [9.17, 15) is 14.9 Å². The van der Waals surface area contributed by atoms with Gasteiger partial charge in [0.25, 0.3) is 5.52 Å². The normalized spacial score (nSPS) is 14.5. The van der Waals surface area contributed by atoms with Crippen LogP contribution in [0.3, 0.4) is 0 Å². The largest absolute Gasteiger partial charge is 0.805 e. The number of fused-ring (bicyclic) bond motifs is 2. The molecule has 2 heterocycles. The highest BCUT2D eigenvalue weighted by molar-refractivity contribution is 5.94. The number of hydrogen-bond donors (Lipinski definition) is 0. The van der Waals surface area contributed by atoms with E-state index in [1.807, 2.05) is 0 Å². The second-order valence-corrected chi connectivity index (χ2v) is 4.91. The third-order valence-corrected chi connectivity index (χ3v) is 3.71. The zero-order chi connectivity index (χ0) is 15.0. The maximum atomic E-state index is 12.4. The lowest BCUT2D eigenvalue weighted by Gasteiger charge is -2.28. The van der Waals surface area contributed by atoms with Gasteiger partial charge in [0.05, 0.1) is 16.7 Å². The van der Waals surface area contributed by atoms with E-state index in [1.165, 1.54) is 4.90 Å². The van der Waals surface area contributed by atoms with Gasteiger partial charge >= 0.3 is 11.6 Å². The molecule has 0 atom stereocenters. The monoisotopic (exact) mass is 289 g/mol. The fourth-order valence-electron chi connectivity index (χ4n) is 2.62. The van der Waals surface area contributed by atoms with Gasteiger partial charge in [-0.05, 0) is 6.07 Å². The van der Waals surface area contributed by atoms with Crippen molar-refractivity contribution in [1.29, 1.82) is 0 Å². The molecule has 0 saturated carbocycles. The molecule has 7 heteroatoms. The predicted octanol–water partition coefficient (Wildman–Crippen LogP) is 0.546. The first-order chi connectivity index (χ1) is 10.1. The molecule has 1 aliphatic heterocycles. The second-order valence-electron chi connectivity index (χ2n) is 4.91. The van der Waals surface area contributed by atoms with Crippen LogP contribution in [0.5, 0.6) is 0 Å². The Hall–Kier alpha value is -2.41. The number of carbonyl (C=O) groups is 1. The molecule has 3 rings (SSSR count). The minimum atomic E-state index is -0.418. The van der Waals surface area contributed by atoms with E-state index < -0.39 is 5.91 Å². The van der Waals surface area contributed by atoms with Crippen LogP contribution in [0, 0.1) is 10.1 Å². The van der Waals surface area contributed by atoms with Crippen molar-refractivity contribution in [1.82, 2.24) is 9.63 Å². The Kier molecular flexibility index (Phi) is 3.34. The number of benzene rings is 1. The van der Waals surface area contributed by atoms with Gasteiger partial charge in [-0.3, -0.25) is 4.79 Å². The van der Waals surface area contributed by atoms with Crippen molar-refractivity contribution in [2.24, 2.45) is 0 Å². The van der Waals surface area contributed by atoms with Crippen molar-refractivity contribution in [3.63, 3.8) is 0 Å². The van der Waals surface area contributed by atoms with Crippen LogP contribution in [0.15, 0.2) is 24.3 Å². The summed E-state index contributed by atoms with van der Waals surface area (Å²) < 4.78 is 6.23. The fraction of sp³-hybridized carbons (Fsp3) is 0.357. The summed E-state index contributed by atoms with van der Waals surface area (Å²) in [6.45, 7) is 1.21. The minimum absolute atomic E-state index is 0.0777. The number of nitrogens with zero attached hydrogens (tertiary/aromatic N) is 3. The van der Waals surface area contributed by atoms with E-state index in [-0.39, 0.29) is 22.4 Å². The number of para-hydroxylation sites is 2. The molecule has 1 aliphatic rings. The van der Waals surface area contributed by atoms with Crippen molar-refractivity contribution < 1.29 is 14.0 Å². The molecule has 0 saturated heterocycles. The number of hydrogen-bond acceptors (Lipinski definition) is 4. The van der Waals surface area contributed by atoms with E-state index in [1.54, 1.807) is 31.4 Å². The zero-order valence-electron chi connectivity index (χ0n) is 11.6. The summed E-state index contributed by atoms with van der Waals surface area (Å²) in [6.07, 6.45) is 0.362. The quantitative estimate of drug-likeness (QED) is 0.773. The SMILES string of the molecule is COCCN1CCc2c([n+](=O)c3ccccc3n2[O-])C1=O. The van der Waals surface area contributed by atoms with Crippen molar-refractivity contribution >= 4 is 16.9 Å². The Bertz CT molecular complexity index is 769. The minimum Gasteiger partial charge on any atom is -0.805 e. The van der Waals surface area contributed by atoms with Crippen molar-refractivity contribution in [3.05, 3.63) is 45.8 Å². The van der Waals surface area contributed by atoms with Gasteiger partial charge in [-0.2, -0.15) is 0 Å². The van der Waals surface area contributed by atoms with Crippen LogP contribution >= 0.6 is 0 Å². The first-order valence-electron chi connectivity index (χ1n) is 6.70. The summed E-state index contributed by atoms with van der Waals surface area (Å²) >= 11 is 0. The lowest BCUT2D eigenvalue weighted by atomic mass is 10.1. The fourth-order valence-corrected chi connectivity index (χ4v) is 2.62. The summed E-state index contributed by atoms with van der Waals surface area (Å²) in [4.78, 5) is 26.4. The number of ether oxygens (including phenoxy) is 1. The van der Waals surface area contributed by atoms with E-state index >= 15 is 0 Å². The molecule has 0 N–H and O–H groups in total. The van der Waals surface area contributed by atoms with Crippen molar-refractivity contribution in [2.75, 3.05) is 26.8 Å². The predicted molar refractivity (Wildman–Crippen MR) is 75.6 cm³/mol. The van der Waals surface area contributed by atoms with Crippen molar-refractivity contribution in [3.8, 4) is 0 Å². The molecule has 0 spiro atoms. The molecular weight excluding hydrogens is 274 g/mol. The van der Waals surface area contributed by atoms with Gasteiger partial charge in [0.1, 0.15) is 5.52 Å². The Balaban J connectivity index is 2.18. The van der Waals surface area contributed by atoms with Crippen LogP contribution in [0.2, 0.25) is 0 Å². The number of aromatic nitrogens is 2. The number of methoxy groups -OCH3 is 1. The molecule has 1 aromatic heterocycles. The Morgan fingerprint density at radius 3 is 2.90 bits per heavy atom. The van der Waals surface area contributed by atoms with E-state index in [0.717, 1.165) is 0 Å². The first kappa shape index (κ1) is 13.6. The van der Waals surface area contributed by atoms with Gasteiger partial charge in [-0.15, -0.1) is 0 Å². The smallest absolute Gasteiger partial charge is 0.346 e. The summed E-state index contributed by atoms with van der Waals surface area (Å²) in [6, 6.07) is 6.48. The highest BCUT2D eigenvalue weighted by atomic mass is 16.5. The third kappa shape index (κ3) is 2.06. The van der Waals surface area contributed by atoms with Crippen LogP contribution in [0.25, 0.3) is 11.0 Å². The van der Waals surface area contributed by atoms with Gasteiger partial charge < -0.3 is 19.6 Å². The highest BCUT2D eigenvalue weighted by Gasteiger charge is 2.36. The summed E-state index contributed by atoms with van der Waals surface area (Å²) in [7, 11) is 1.55. The van der Waals surface area contributed by atoms with Gasteiger partial charge in [0.2, 0.25) is 0 Å². The lowest BCUT2D eigenvalue weighted by molar-refractivity contribution is -0.469. The zero-order valence-corrected chi connectivity index (χ0v) is 11.6. The first-order valence-corrected chi connectivity index (χ1v) is 6.70. The molecule has 0 radical (unpaired) electrons. The molecular formula is C14H15N3O4. The van der Waals surface area contributed by atoms with E-state index in [0.29, 0.717) is 35.3 Å². The molecule has 0 bridgehead atoms. The molecule has 21 heavy (non-hydrogen) atoms. The van der Waals surface area contributed by atoms with Crippen LogP contribution in [-0.2, 0) is 11.2 Å². The topological polar surface area (TPSA) is 80.5 Å². The Morgan fingerprint density at radius 1 is 1.38 bits per heavy atom. The summed E-state index contributed by atoms with van der Waals surface area (Å²) in [5.74, 6) is -0.418. The van der Waals surface area contributed by atoms with E-state index in [2.05, 4.69) is 0 Å². The highest BCUT2D eigenvalue weighted by Crippen LogP contribution is 2.19. The average Bonchev–Trinajstić information content (AvgIpc) is 2.51. The number of rotatable bonds is 3. The molecule has 0 aliphatic carbocycles. The van der Waals surface area contributed by atoms with Gasteiger partial charge in [0.15, 0.2) is 0 Å². The molecule has 1 aromatic carbocycles. The maximum absolute atomic E-state index is 12.4. The van der Waals surface area contributed by atoms with Crippen LogP contribution in [-0.4, -0.2) is 42.3 Å². The van der Waals surface area contributed by atoms with Gasteiger partial charge in [-0.25, -0.2) is 0 Å². The summed E-state index contributed by atoms with van der Waals surface area (Å²) in [5.41, 5.74) is 0.644. The lowest BCUT2D eigenvalue weighted by Crippen LogP contribution is -2.46. The number of carbonyl (C=O) groups excluding carboxylic acids is 1. The van der Waals surface area contributed by atoms with Crippen molar-refractivity contribution in [2.45, 2.75) is 6.42 Å². The van der Waals surface area contributed by atoms with Gasteiger partial charge in [0, 0.05) is 37.6 Å². The van der Waals surface area contributed by atoms with Crippen LogP contribution in [0.4, 0.5) is 0 Å². The summed E-state index contributed by atoms with van der Waals surface area (Å²) in [5, 5.41) is 12.4. The Labute approximate surface area is 120 Å². The standard InChI is InChI=1S/C14H15N3O4/c1-21-9-8-15-7-6-12-13(14(15)18)17(20)11-5-3-2-4-10(11)16(12)19/h2-5H,6-9H2,1H3. The average molecular weight is 289 g/mol. The van der Waals surface area contributed by atoms with Crippen LogP contribution in [0.1, 0.15) is 16.2 Å². The molecule has 0 unspecified atom stereocenters. The number of amides is 1. The Morgan fingerprint density at radius 2 is 2.14 bits per heavy atom. The van der Waals surface area contributed by atoms with Crippen LogP contribution < -0.4 is 4.43 Å². The molecule has 0 fully saturated rings. The molecule has 2 aromatic rings. The molecule has 1 amide bonds. The molecule has 110 valence electrons. The maximum Gasteiger partial charge on any atom is 0.346 e. The van der Waals surface area contributed by atoms with E-state index in [4.69, 9.17) is 4.74 Å². The third-order valence-electron chi connectivity index (χ3n) is 3.71. The second kappa shape index (κ2) is 5.17. The van der Waals surface area contributed by atoms with Gasteiger partial charge in [-0.1, -0.05) is 12.1 Å². The molecule has 7 nitrogen and oxygen atoms in total.